The van der Waals surface area contributed by atoms with Gasteiger partial charge in [-0.15, -0.1) is 0 Å². The van der Waals surface area contributed by atoms with Gasteiger partial charge in [0.2, 0.25) is 0 Å². The molecule has 2 aromatic rings. The van der Waals surface area contributed by atoms with Crippen LogP contribution in [0.5, 0.6) is 0 Å². The van der Waals surface area contributed by atoms with Gasteiger partial charge in [-0.3, -0.25) is 9.29 Å². The molecule has 1 aliphatic carbocycles. The number of aliphatic carboxylic acids is 1. The van der Waals surface area contributed by atoms with Gasteiger partial charge in [0, 0.05) is 25.6 Å². The maximum Gasteiger partial charge on any atom is 0.410 e. The second kappa shape index (κ2) is 11.6. The van der Waals surface area contributed by atoms with Gasteiger partial charge in [0.15, 0.2) is 0 Å². The first-order chi connectivity index (χ1) is 18.6. The van der Waals surface area contributed by atoms with Crippen molar-refractivity contribution in [3.05, 3.63) is 59.7 Å². The normalized spacial score (nSPS) is 19.0. The summed E-state index contributed by atoms with van der Waals surface area (Å²) in [7, 11) is 0. The van der Waals surface area contributed by atoms with Crippen molar-refractivity contribution in [3.63, 3.8) is 0 Å². The lowest BCUT2D eigenvalue weighted by Crippen LogP contribution is -2.58. The van der Waals surface area contributed by atoms with E-state index in [-0.39, 0.29) is 44.9 Å². The van der Waals surface area contributed by atoms with Crippen molar-refractivity contribution in [1.29, 1.82) is 0 Å². The Labute approximate surface area is 228 Å². The Bertz CT molecular complexity index is 1170. The number of nitrogens with zero attached hydrogens (tertiary/aromatic N) is 2. The first-order valence-corrected chi connectivity index (χ1v) is 13.5. The van der Waals surface area contributed by atoms with Crippen LogP contribution in [0.2, 0.25) is 0 Å². The van der Waals surface area contributed by atoms with Crippen molar-refractivity contribution in [2.24, 2.45) is 0 Å². The average molecular weight is 541 g/mol. The van der Waals surface area contributed by atoms with Crippen molar-refractivity contribution in [2.45, 2.75) is 63.5 Å². The summed E-state index contributed by atoms with van der Waals surface area (Å²) in [6.45, 7) is 4.90. The molecule has 2 amide bonds. The number of carboxylic acids is 1. The fourth-order valence-electron chi connectivity index (χ4n) is 5.60. The second-order valence-electron chi connectivity index (χ2n) is 11.2. The van der Waals surface area contributed by atoms with E-state index in [9.17, 15) is 23.9 Å². The standard InChI is InChI=1S/C30H37FN2O6/c1-29(2,3)39-27(36)32-17-8-14-30(15-19-32,26(34)35)33(18-9-16-31)28(37)38-20-25-23-12-6-4-10-21(23)22-11-5-7-13-24(22)25/h4-7,10-13,25H,8-9,14-20H2,1-3H3,(H,34,35). The Kier molecular flexibility index (Phi) is 8.47. The maximum atomic E-state index is 13.6. The number of benzene rings is 2. The number of carbonyl (C=O) groups is 3. The fraction of sp³-hybridized carbons (Fsp3) is 0.500. The molecule has 1 N–H and O–H groups in total. The summed E-state index contributed by atoms with van der Waals surface area (Å²) < 4.78 is 24.6. The van der Waals surface area contributed by atoms with Gasteiger partial charge in [0.1, 0.15) is 17.7 Å². The van der Waals surface area contributed by atoms with Crippen LogP contribution in [0.15, 0.2) is 48.5 Å². The smallest absolute Gasteiger partial charge is 0.410 e. The van der Waals surface area contributed by atoms with Crippen LogP contribution in [-0.4, -0.2) is 77.1 Å². The molecule has 1 heterocycles. The molecular formula is C30H37FN2O6. The highest BCUT2D eigenvalue weighted by molar-refractivity contribution is 5.85. The number of rotatable bonds is 7. The highest BCUT2D eigenvalue weighted by atomic mass is 19.1. The largest absolute Gasteiger partial charge is 0.479 e. The van der Waals surface area contributed by atoms with Crippen LogP contribution in [0.1, 0.15) is 63.5 Å². The lowest BCUT2D eigenvalue weighted by molar-refractivity contribution is -0.151. The van der Waals surface area contributed by atoms with Gasteiger partial charge >= 0.3 is 18.2 Å². The van der Waals surface area contributed by atoms with Crippen molar-refractivity contribution in [1.82, 2.24) is 9.80 Å². The highest BCUT2D eigenvalue weighted by Crippen LogP contribution is 2.44. The third-order valence-corrected chi connectivity index (χ3v) is 7.45. The van der Waals surface area contributed by atoms with E-state index in [2.05, 4.69) is 0 Å². The van der Waals surface area contributed by atoms with Crippen molar-refractivity contribution >= 4 is 18.2 Å². The molecule has 1 atom stereocenters. The molecule has 0 bridgehead atoms. The van der Waals surface area contributed by atoms with Gasteiger partial charge in [0.05, 0.1) is 6.67 Å². The number of carboxylic acid groups (broad SMARTS) is 1. The summed E-state index contributed by atoms with van der Waals surface area (Å²) in [4.78, 5) is 41.6. The number of ether oxygens (including phenoxy) is 2. The number of hydrogen-bond acceptors (Lipinski definition) is 5. The minimum atomic E-state index is -1.63. The number of carbonyl (C=O) groups excluding carboxylic acids is 2. The molecule has 2 aromatic carbocycles. The molecule has 1 saturated heterocycles. The lowest BCUT2D eigenvalue weighted by Gasteiger charge is -2.39. The molecule has 2 aliphatic rings. The zero-order valence-corrected chi connectivity index (χ0v) is 22.8. The van der Waals surface area contributed by atoms with Crippen molar-refractivity contribution in [3.8, 4) is 11.1 Å². The molecule has 0 aromatic heterocycles. The summed E-state index contributed by atoms with van der Waals surface area (Å²) in [6.07, 6.45) is -0.905. The molecule has 0 radical (unpaired) electrons. The van der Waals surface area contributed by atoms with Crippen LogP contribution in [0.25, 0.3) is 11.1 Å². The van der Waals surface area contributed by atoms with Crippen LogP contribution >= 0.6 is 0 Å². The molecule has 0 saturated carbocycles. The van der Waals surface area contributed by atoms with Crippen molar-refractivity contribution < 1.29 is 33.4 Å². The highest BCUT2D eigenvalue weighted by Gasteiger charge is 2.49. The predicted octanol–water partition coefficient (Wildman–Crippen LogP) is 5.84. The number of alkyl halides is 1. The van der Waals surface area contributed by atoms with Gasteiger partial charge in [-0.05, 0) is 68.7 Å². The Morgan fingerprint density at radius 1 is 1.03 bits per heavy atom. The van der Waals surface area contributed by atoms with Crippen LogP contribution in [0.3, 0.4) is 0 Å². The predicted molar refractivity (Wildman–Crippen MR) is 144 cm³/mol. The van der Waals surface area contributed by atoms with Crippen LogP contribution in [-0.2, 0) is 14.3 Å². The van der Waals surface area contributed by atoms with E-state index in [0.29, 0.717) is 13.0 Å². The number of hydrogen-bond donors (Lipinski definition) is 1. The molecule has 1 fully saturated rings. The topological polar surface area (TPSA) is 96.4 Å². The molecule has 1 aliphatic heterocycles. The summed E-state index contributed by atoms with van der Waals surface area (Å²) in [5.41, 5.74) is 1.92. The Balaban J connectivity index is 1.54. The van der Waals surface area contributed by atoms with Crippen LogP contribution in [0.4, 0.5) is 14.0 Å². The van der Waals surface area contributed by atoms with E-state index in [1.807, 2.05) is 48.5 Å². The minimum Gasteiger partial charge on any atom is -0.479 e. The first kappa shape index (κ1) is 28.4. The summed E-state index contributed by atoms with van der Waals surface area (Å²) in [5.74, 6) is -1.39. The van der Waals surface area contributed by atoms with E-state index in [4.69, 9.17) is 9.47 Å². The molecule has 9 heteroatoms. The molecule has 0 spiro atoms. The van der Waals surface area contributed by atoms with Gasteiger partial charge in [0.25, 0.3) is 0 Å². The Morgan fingerprint density at radius 2 is 1.64 bits per heavy atom. The van der Waals surface area contributed by atoms with Gasteiger partial charge in [-0.25, -0.2) is 14.4 Å². The average Bonchev–Trinajstić information content (AvgIpc) is 3.03. The number of likely N-dealkylation sites (tertiary alicyclic amines) is 1. The maximum absolute atomic E-state index is 13.6. The summed E-state index contributed by atoms with van der Waals surface area (Å²) in [6, 6.07) is 15.9. The number of halogens is 1. The van der Waals surface area contributed by atoms with Crippen LogP contribution < -0.4 is 0 Å². The quantitative estimate of drug-likeness (QED) is 0.474. The van der Waals surface area contributed by atoms with E-state index >= 15 is 0 Å². The van der Waals surface area contributed by atoms with Crippen LogP contribution in [0, 0.1) is 0 Å². The van der Waals surface area contributed by atoms with Gasteiger partial charge in [-0.2, -0.15) is 0 Å². The van der Waals surface area contributed by atoms with Gasteiger partial charge < -0.3 is 19.5 Å². The SMILES string of the molecule is CC(C)(C)OC(=O)N1CCCC(C(=O)O)(N(CCCF)C(=O)OCC2c3ccccc3-c3ccccc32)CC1. The Morgan fingerprint density at radius 3 is 2.21 bits per heavy atom. The minimum absolute atomic E-state index is 0.0158. The monoisotopic (exact) mass is 540 g/mol. The zero-order chi connectivity index (χ0) is 28.2. The molecule has 1 unspecified atom stereocenters. The lowest BCUT2D eigenvalue weighted by atomic mass is 9.88. The fourth-order valence-corrected chi connectivity index (χ4v) is 5.60. The third kappa shape index (κ3) is 6.02. The van der Waals surface area contributed by atoms with E-state index in [0.717, 1.165) is 22.3 Å². The van der Waals surface area contributed by atoms with Gasteiger partial charge in [-0.1, -0.05) is 48.5 Å². The Hall–Kier alpha value is -3.62. The molecule has 8 nitrogen and oxygen atoms in total. The van der Waals surface area contributed by atoms with E-state index < -0.39 is 36.0 Å². The third-order valence-electron chi connectivity index (χ3n) is 7.45. The molecule has 4 rings (SSSR count). The number of amides is 2. The summed E-state index contributed by atoms with van der Waals surface area (Å²) >= 11 is 0. The molecular weight excluding hydrogens is 503 g/mol. The second-order valence-corrected chi connectivity index (χ2v) is 11.2. The zero-order valence-electron chi connectivity index (χ0n) is 22.8. The van der Waals surface area contributed by atoms with E-state index in [1.54, 1.807) is 20.8 Å². The van der Waals surface area contributed by atoms with E-state index in [1.165, 1.54) is 9.80 Å². The first-order valence-electron chi connectivity index (χ1n) is 13.5. The van der Waals surface area contributed by atoms with Crippen molar-refractivity contribution in [2.75, 3.05) is 32.9 Å². The molecule has 39 heavy (non-hydrogen) atoms. The summed E-state index contributed by atoms with van der Waals surface area (Å²) in [5, 5.41) is 10.4. The molecule has 210 valence electrons. The number of fused-ring (bicyclic) bond motifs is 3.